The van der Waals surface area contributed by atoms with E-state index in [4.69, 9.17) is 0 Å². The molecule has 1 heterocycles. The van der Waals surface area contributed by atoms with Gasteiger partial charge in [0.25, 0.3) is 0 Å². The fourth-order valence-electron chi connectivity index (χ4n) is 1.49. The Morgan fingerprint density at radius 1 is 1.50 bits per heavy atom. The number of rotatable bonds is 3. The summed E-state index contributed by atoms with van der Waals surface area (Å²) >= 11 is 0. The molecule has 3 nitrogen and oxygen atoms in total. The second-order valence-electron chi connectivity index (χ2n) is 3.78. The van der Waals surface area contributed by atoms with Crippen molar-refractivity contribution in [3.05, 3.63) is 7.05 Å². The molecule has 0 spiro atoms. The monoisotopic (exact) mass is 172 g/mol. The molecule has 1 unspecified atom stereocenters. The van der Waals surface area contributed by atoms with Crippen LogP contribution in [0.3, 0.4) is 0 Å². The van der Waals surface area contributed by atoms with Gasteiger partial charge >= 0.3 is 0 Å². The van der Waals surface area contributed by atoms with Crippen molar-refractivity contribution < 1.29 is 10.0 Å². The van der Waals surface area contributed by atoms with Gasteiger partial charge in [-0.3, -0.25) is 4.90 Å². The van der Waals surface area contributed by atoms with Crippen LogP contribution in [0.1, 0.15) is 12.8 Å². The number of hydrogen-bond acceptors (Lipinski definition) is 2. The van der Waals surface area contributed by atoms with Crippen molar-refractivity contribution in [2.24, 2.45) is 0 Å². The lowest BCUT2D eigenvalue weighted by Crippen LogP contribution is -3.04. The molecule has 2 N–H and O–H groups in total. The molecule has 0 bridgehead atoms. The minimum atomic E-state index is -0.0499. The number of hydrogen-bond donors (Lipinski definition) is 2. The van der Waals surface area contributed by atoms with Crippen molar-refractivity contribution in [3.63, 3.8) is 0 Å². The third-order valence-corrected chi connectivity index (χ3v) is 2.41. The zero-order valence-corrected chi connectivity index (χ0v) is 7.92. The van der Waals surface area contributed by atoms with E-state index in [1.54, 1.807) is 0 Å². The highest BCUT2D eigenvalue weighted by molar-refractivity contribution is 4.70. The van der Waals surface area contributed by atoms with Gasteiger partial charge in [-0.2, -0.15) is 7.05 Å². The molecule has 1 fully saturated rings. The van der Waals surface area contributed by atoms with Crippen LogP contribution in [-0.4, -0.2) is 49.3 Å². The first-order valence-corrected chi connectivity index (χ1v) is 4.73. The van der Waals surface area contributed by atoms with Gasteiger partial charge in [0.2, 0.25) is 0 Å². The Morgan fingerprint density at radius 2 is 2.08 bits per heavy atom. The lowest BCUT2D eigenvalue weighted by atomic mass is 10.1. The number of aliphatic hydroxyl groups excluding tert-OH is 1. The van der Waals surface area contributed by atoms with E-state index in [2.05, 4.69) is 19.0 Å². The number of likely N-dealkylation sites (tertiary alicyclic amines) is 1. The highest BCUT2D eigenvalue weighted by atomic mass is 16.3. The van der Waals surface area contributed by atoms with Gasteiger partial charge in [-0.25, -0.2) is 0 Å². The third kappa shape index (κ3) is 3.52. The normalized spacial score (nSPS) is 24.2. The molecule has 1 rings (SSSR count). The summed E-state index contributed by atoms with van der Waals surface area (Å²) in [6, 6.07) is 0. The molecule has 0 aromatic heterocycles. The first kappa shape index (κ1) is 9.96. The molecule has 1 aliphatic heterocycles. The minimum absolute atomic E-state index is 0.0499. The number of nitrogens with zero attached hydrogens (tertiary/aromatic N) is 1. The van der Waals surface area contributed by atoms with E-state index in [9.17, 15) is 5.11 Å². The van der Waals surface area contributed by atoms with Gasteiger partial charge in [-0.05, 0) is 12.8 Å². The maximum Gasteiger partial charge on any atom is 0.0657 e. The van der Waals surface area contributed by atoms with Crippen molar-refractivity contribution >= 4 is 0 Å². The Kier molecular flexibility index (Phi) is 3.98. The Morgan fingerprint density at radius 3 is 2.58 bits per heavy atom. The number of nitrogens with one attached hydrogen (secondary N) is 1. The fraction of sp³-hybridized carbons (Fsp3) is 0.889. The topological polar surface area (TPSA) is 27.9 Å². The summed E-state index contributed by atoms with van der Waals surface area (Å²) < 4.78 is 0. The zero-order valence-electron chi connectivity index (χ0n) is 7.92. The maximum atomic E-state index is 9.26. The zero-order chi connectivity index (χ0) is 8.97. The van der Waals surface area contributed by atoms with E-state index >= 15 is 0 Å². The lowest BCUT2D eigenvalue weighted by Gasteiger charge is -2.30. The SMILES string of the molecule is [CH2-][NH+](C)CCN1CCC(O)CC1. The Labute approximate surface area is 75.0 Å². The highest BCUT2D eigenvalue weighted by Crippen LogP contribution is 2.08. The predicted molar refractivity (Wildman–Crippen MR) is 48.8 cm³/mol. The van der Waals surface area contributed by atoms with E-state index in [0.717, 1.165) is 39.0 Å². The summed E-state index contributed by atoms with van der Waals surface area (Å²) in [5.74, 6) is 0. The van der Waals surface area contributed by atoms with E-state index < -0.39 is 0 Å². The number of aliphatic hydroxyl groups is 1. The van der Waals surface area contributed by atoms with Crippen LogP contribution in [0.5, 0.6) is 0 Å². The minimum Gasteiger partial charge on any atom is -0.469 e. The molecule has 0 aromatic carbocycles. The summed E-state index contributed by atoms with van der Waals surface area (Å²) in [5, 5.41) is 9.26. The Bertz CT molecular complexity index is 120. The van der Waals surface area contributed by atoms with Gasteiger partial charge in [0.15, 0.2) is 0 Å². The average Bonchev–Trinajstić information content (AvgIpc) is 2.03. The largest absolute Gasteiger partial charge is 0.469 e. The maximum absolute atomic E-state index is 9.26. The van der Waals surface area contributed by atoms with Gasteiger partial charge < -0.3 is 10.0 Å². The third-order valence-electron chi connectivity index (χ3n) is 2.41. The number of piperidine rings is 1. The summed E-state index contributed by atoms with van der Waals surface area (Å²) in [5.41, 5.74) is 0. The molecule has 12 heavy (non-hydrogen) atoms. The van der Waals surface area contributed by atoms with Crippen molar-refractivity contribution in [1.29, 1.82) is 0 Å². The smallest absolute Gasteiger partial charge is 0.0657 e. The first-order valence-electron chi connectivity index (χ1n) is 4.73. The van der Waals surface area contributed by atoms with E-state index in [1.165, 1.54) is 4.90 Å². The second-order valence-corrected chi connectivity index (χ2v) is 3.78. The molecule has 0 saturated carbocycles. The van der Waals surface area contributed by atoms with E-state index in [1.807, 2.05) is 0 Å². The van der Waals surface area contributed by atoms with Crippen LogP contribution in [0, 0.1) is 7.05 Å². The fourth-order valence-corrected chi connectivity index (χ4v) is 1.49. The molecule has 1 atom stereocenters. The van der Waals surface area contributed by atoms with Gasteiger partial charge in [0.1, 0.15) is 0 Å². The molecule has 72 valence electrons. The summed E-state index contributed by atoms with van der Waals surface area (Å²) in [4.78, 5) is 3.66. The molecule has 0 aliphatic carbocycles. The summed E-state index contributed by atoms with van der Waals surface area (Å²) in [6.07, 6.45) is 1.83. The molecular weight excluding hydrogens is 152 g/mol. The quantitative estimate of drug-likeness (QED) is 0.521. The second kappa shape index (κ2) is 4.80. The van der Waals surface area contributed by atoms with Crippen LogP contribution < -0.4 is 4.90 Å². The van der Waals surface area contributed by atoms with Crippen LogP contribution in [0.25, 0.3) is 0 Å². The van der Waals surface area contributed by atoms with E-state index in [-0.39, 0.29) is 6.10 Å². The van der Waals surface area contributed by atoms with Crippen molar-refractivity contribution in [3.8, 4) is 0 Å². The van der Waals surface area contributed by atoms with Gasteiger partial charge in [-0.15, -0.1) is 0 Å². The van der Waals surface area contributed by atoms with Crippen LogP contribution >= 0.6 is 0 Å². The summed E-state index contributed by atoms with van der Waals surface area (Å²) in [6.45, 7) is 4.31. The van der Waals surface area contributed by atoms with Crippen molar-refractivity contribution in [1.82, 2.24) is 4.90 Å². The molecule has 0 amide bonds. The van der Waals surface area contributed by atoms with Crippen LogP contribution in [-0.2, 0) is 0 Å². The number of likely N-dealkylation sites (N-methyl/N-ethyl adjacent to an activating group) is 1. The molecule has 1 saturated heterocycles. The first-order chi connectivity index (χ1) is 5.68. The Balaban J connectivity index is 2.09. The standard InChI is InChI=1S/C9H20N2O/c1-10(2)7-8-11-5-3-9(12)4-6-11/h9-10,12H,1,3-8H2,2H3. The summed E-state index contributed by atoms with van der Waals surface area (Å²) in [7, 11) is 5.95. The molecule has 0 radical (unpaired) electrons. The molecule has 3 heteroatoms. The van der Waals surface area contributed by atoms with Crippen LogP contribution in [0.4, 0.5) is 0 Å². The van der Waals surface area contributed by atoms with Gasteiger partial charge in [0, 0.05) is 26.7 Å². The highest BCUT2D eigenvalue weighted by Gasteiger charge is 2.16. The molecule has 1 aliphatic rings. The molecule has 0 aromatic rings. The lowest BCUT2D eigenvalue weighted by molar-refractivity contribution is -0.831. The number of quaternary nitrogens is 1. The predicted octanol–water partition coefficient (Wildman–Crippen LogP) is -1.25. The van der Waals surface area contributed by atoms with E-state index in [0.29, 0.717) is 0 Å². The van der Waals surface area contributed by atoms with Crippen LogP contribution in [0.15, 0.2) is 0 Å². The van der Waals surface area contributed by atoms with Gasteiger partial charge in [0.05, 0.1) is 12.6 Å². The van der Waals surface area contributed by atoms with Gasteiger partial charge in [-0.1, -0.05) is 0 Å². The van der Waals surface area contributed by atoms with Crippen LogP contribution in [0.2, 0.25) is 0 Å². The Hall–Kier alpha value is -0.120. The molecular formula is C9H20N2O. The van der Waals surface area contributed by atoms with Crippen molar-refractivity contribution in [2.75, 3.05) is 33.2 Å². The average molecular weight is 172 g/mol. The van der Waals surface area contributed by atoms with Crippen molar-refractivity contribution in [2.45, 2.75) is 18.9 Å².